The average molecular weight is 520 g/mol. The SMILES string of the molecule is CSc1ccc([C@H]2C(C(=O)OC(C)C)=C(C)N=c3s/c(=C4/C(=O)Nc5ccc(C)cc54)c(=O)n32)cc1. The molecule has 1 atom stereocenters. The molecule has 1 aromatic heterocycles. The molecule has 0 unspecified atom stereocenters. The lowest BCUT2D eigenvalue weighted by Gasteiger charge is -2.25. The first-order chi connectivity index (χ1) is 17.2. The van der Waals surface area contributed by atoms with Gasteiger partial charge in [0.2, 0.25) is 0 Å². The number of aromatic nitrogens is 1. The lowest BCUT2D eigenvalue weighted by atomic mass is 9.96. The Kier molecular flexibility index (Phi) is 6.22. The molecule has 0 bridgehead atoms. The van der Waals surface area contributed by atoms with Crippen LogP contribution in [0.1, 0.15) is 43.5 Å². The number of aryl methyl sites for hydroxylation is 1. The van der Waals surface area contributed by atoms with Crippen molar-refractivity contribution >= 4 is 46.2 Å². The Labute approximate surface area is 216 Å². The number of thiazole rings is 1. The third-order valence-electron chi connectivity index (χ3n) is 6.14. The van der Waals surface area contributed by atoms with Crippen LogP contribution in [0.5, 0.6) is 0 Å². The van der Waals surface area contributed by atoms with Crippen LogP contribution in [0.3, 0.4) is 0 Å². The van der Waals surface area contributed by atoms with Crippen LogP contribution in [0, 0.1) is 6.92 Å². The molecule has 0 saturated carbocycles. The number of nitrogens with zero attached hydrogens (tertiary/aromatic N) is 2. The van der Waals surface area contributed by atoms with Gasteiger partial charge in [-0.05, 0) is 63.8 Å². The molecule has 7 nitrogen and oxygen atoms in total. The fraction of sp³-hybridized carbons (Fsp3) is 0.259. The predicted octanol–water partition coefficient (Wildman–Crippen LogP) is 3.54. The van der Waals surface area contributed by atoms with E-state index in [1.165, 1.54) is 15.9 Å². The highest BCUT2D eigenvalue weighted by Crippen LogP contribution is 2.33. The van der Waals surface area contributed by atoms with E-state index >= 15 is 0 Å². The number of rotatable bonds is 4. The number of benzene rings is 2. The van der Waals surface area contributed by atoms with Crippen molar-refractivity contribution < 1.29 is 14.3 Å². The third-order valence-corrected chi connectivity index (χ3v) is 7.94. The monoisotopic (exact) mass is 519 g/mol. The van der Waals surface area contributed by atoms with Gasteiger partial charge in [0.1, 0.15) is 4.53 Å². The molecular weight excluding hydrogens is 494 g/mol. The molecule has 0 fully saturated rings. The van der Waals surface area contributed by atoms with E-state index in [0.29, 0.717) is 37.4 Å². The summed E-state index contributed by atoms with van der Waals surface area (Å²) in [4.78, 5) is 46.3. The van der Waals surface area contributed by atoms with Crippen molar-refractivity contribution in [3.05, 3.63) is 90.1 Å². The summed E-state index contributed by atoms with van der Waals surface area (Å²) in [5, 5.41) is 2.86. The zero-order valence-corrected chi connectivity index (χ0v) is 22.2. The first-order valence-corrected chi connectivity index (χ1v) is 13.6. The summed E-state index contributed by atoms with van der Waals surface area (Å²) < 4.78 is 7.37. The number of allylic oxidation sites excluding steroid dienone is 1. The normalized spacial score (nSPS) is 18.1. The maximum atomic E-state index is 14.0. The van der Waals surface area contributed by atoms with Gasteiger partial charge in [0.25, 0.3) is 11.5 Å². The van der Waals surface area contributed by atoms with Crippen LogP contribution in [0.4, 0.5) is 5.69 Å². The van der Waals surface area contributed by atoms with E-state index in [4.69, 9.17) is 4.74 Å². The third kappa shape index (κ3) is 4.02. The predicted molar refractivity (Wildman–Crippen MR) is 142 cm³/mol. The second-order valence-electron chi connectivity index (χ2n) is 9.01. The maximum Gasteiger partial charge on any atom is 0.338 e. The zero-order valence-electron chi connectivity index (χ0n) is 20.5. The summed E-state index contributed by atoms with van der Waals surface area (Å²) in [6.45, 7) is 7.26. The van der Waals surface area contributed by atoms with Gasteiger partial charge in [0, 0.05) is 16.1 Å². The molecule has 2 aliphatic rings. The van der Waals surface area contributed by atoms with Gasteiger partial charge >= 0.3 is 5.97 Å². The number of carbonyl (C=O) groups excluding carboxylic acids is 2. The Morgan fingerprint density at radius 1 is 1.14 bits per heavy atom. The first kappa shape index (κ1) is 24.3. The van der Waals surface area contributed by atoms with Crippen molar-refractivity contribution in [3.63, 3.8) is 0 Å². The molecule has 0 saturated heterocycles. The zero-order chi connectivity index (χ0) is 25.7. The van der Waals surface area contributed by atoms with E-state index in [1.54, 1.807) is 32.5 Å². The van der Waals surface area contributed by atoms with Crippen LogP contribution in [0.2, 0.25) is 0 Å². The number of nitrogens with one attached hydrogen (secondary N) is 1. The number of amides is 1. The van der Waals surface area contributed by atoms with Crippen molar-refractivity contribution in [3.8, 4) is 0 Å². The van der Waals surface area contributed by atoms with E-state index in [0.717, 1.165) is 16.0 Å². The Morgan fingerprint density at radius 3 is 2.53 bits per heavy atom. The van der Waals surface area contributed by atoms with E-state index in [-0.39, 0.29) is 17.6 Å². The minimum Gasteiger partial charge on any atom is -0.459 e. The highest BCUT2D eigenvalue weighted by atomic mass is 32.2. The van der Waals surface area contributed by atoms with Crippen molar-refractivity contribution in [1.82, 2.24) is 4.57 Å². The standard InChI is InChI=1S/C27H25N3O4S2/c1-13(2)34-26(33)20-15(4)28-27-30(22(20)16-7-9-17(35-5)10-8-16)25(32)23(36-27)21-18-12-14(3)6-11-19(18)29-24(21)31/h6-13,22H,1-5H3,(H,29,31)/b23-21+/t22-/m0/s1. The van der Waals surface area contributed by atoms with Crippen molar-refractivity contribution in [1.29, 1.82) is 0 Å². The van der Waals surface area contributed by atoms with Gasteiger partial charge in [0.05, 0.1) is 29.0 Å². The molecular formula is C27H25N3O4S2. The molecule has 1 N–H and O–H groups in total. The van der Waals surface area contributed by atoms with E-state index in [2.05, 4.69) is 10.3 Å². The molecule has 1 amide bonds. The van der Waals surface area contributed by atoms with Crippen LogP contribution >= 0.6 is 23.1 Å². The fourth-order valence-electron chi connectivity index (χ4n) is 4.52. The summed E-state index contributed by atoms with van der Waals surface area (Å²) in [6.07, 6.45) is 1.66. The van der Waals surface area contributed by atoms with E-state index < -0.39 is 12.0 Å². The topological polar surface area (TPSA) is 89.8 Å². The Hall–Kier alpha value is -3.43. The lowest BCUT2D eigenvalue weighted by molar-refractivity contribution is -0.143. The van der Waals surface area contributed by atoms with E-state index in [1.807, 2.05) is 55.6 Å². The van der Waals surface area contributed by atoms with Crippen LogP contribution in [-0.2, 0) is 14.3 Å². The quantitative estimate of drug-likeness (QED) is 0.421. The second kappa shape index (κ2) is 9.22. The number of fused-ring (bicyclic) bond motifs is 2. The smallest absolute Gasteiger partial charge is 0.338 e. The van der Waals surface area contributed by atoms with Gasteiger partial charge in [-0.3, -0.25) is 14.2 Å². The number of esters is 1. The summed E-state index contributed by atoms with van der Waals surface area (Å²) in [6, 6.07) is 12.7. The number of thioether (sulfide) groups is 1. The largest absolute Gasteiger partial charge is 0.459 e. The van der Waals surface area contributed by atoms with Gasteiger partial charge in [-0.15, -0.1) is 11.8 Å². The molecule has 9 heteroatoms. The second-order valence-corrected chi connectivity index (χ2v) is 10.9. The van der Waals surface area contributed by atoms with Gasteiger partial charge < -0.3 is 10.1 Å². The lowest BCUT2D eigenvalue weighted by Crippen LogP contribution is -2.40. The number of ether oxygens (including phenoxy) is 1. The Balaban J connectivity index is 1.80. The molecule has 0 aliphatic carbocycles. The highest BCUT2D eigenvalue weighted by molar-refractivity contribution is 7.98. The van der Waals surface area contributed by atoms with Crippen molar-refractivity contribution in [2.24, 2.45) is 4.99 Å². The summed E-state index contributed by atoms with van der Waals surface area (Å²) in [5.74, 6) is -0.834. The van der Waals surface area contributed by atoms with Crippen molar-refractivity contribution in [2.45, 2.75) is 44.7 Å². The van der Waals surface area contributed by atoms with E-state index in [9.17, 15) is 14.4 Å². The minimum absolute atomic E-state index is 0.299. The van der Waals surface area contributed by atoms with Gasteiger partial charge in [0.15, 0.2) is 4.80 Å². The van der Waals surface area contributed by atoms with Gasteiger partial charge in [-0.1, -0.05) is 35.1 Å². The fourth-order valence-corrected chi connectivity index (χ4v) is 6.07. The van der Waals surface area contributed by atoms with Gasteiger partial charge in [-0.25, -0.2) is 9.79 Å². The molecule has 2 aromatic carbocycles. The highest BCUT2D eigenvalue weighted by Gasteiger charge is 2.35. The molecule has 0 spiro atoms. The average Bonchev–Trinajstić information content (AvgIpc) is 3.32. The first-order valence-electron chi connectivity index (χ1n) is 11.5. The molecule has 3 heterocycles. The molecule has 36 heavy (non-hydrogen) atoms. The van der Waals surface area contributed by atoms with Crippen LogP contribution in [0.25, 0.3) is 5.57 Å². The summed E-state index contributed by atoms with van der Waals surface area (Å²) >= 11 is 2.77. The molecule has 3 aromatic rings. The summed E-state index contributed by atoms with van der Waals surface area (Å²) in [7, 11) is 0. The Bertz CT molecular complexity index is 1630. The molecule has 2 aliphatic heterocycles. The molecule has 5 rings (SSSR count). The van der Waals surface area contributed by atoms with Crippen LogP contribution in [0.15, 0.2) is 68.4 Å². The number of carbonyl (C=O) groups is 2. The van der Waals surface area contributed by atoms with Crippen LogP contribution < -0.4 is 20.2 Å². The molecule has 184 valence electrons. The summed E-state index contributed by atoms with van der Waals surface area (Å²) in [5.41, 5.74) is 3.90. The number of hydrogen-bond acceptors (Lipinski definition) is 7. The van der Waals surface area contributed by atoms with Gasteiger partial charge in [-0.2, -0.15) is 0 Å². The number of anilines is 1. The Morgan fingerprint density at radius 2 is 1.86 bits per heavy atom. The maximum absolute atomic E-state index is 14.0. The minimum atomic E-state index is -0.723. The van der Waals surface area contributed by atoms with Crippen molar-refractivity contribution in [2.75, 3.05) is 11.6 Å². The molecule has 0 radical (unpaired) electrons. The van der Waals surface area contributed by atoms with Crippen LogP contribution in [-0.4, -0.2) is 28.8 Å². The number of hydrogen-bond donors (Lipinski definition) is 1.